The highest BCUT2D eigenvalue weighted by atomic mass is 15.2. The second-order valence-electron chi connectivity index (χ2n) is 5.82. The molecule has 0 radical (unpaired) electrons. The normalized spacial score (nSPS) is 25.4. The summed E-state index contributed by atoms with van der Waals surface area (Å²) in [6, 6.07) is 10.0. The summed E-state index contributed by atoms with van der Waals surface area (Å²) < 4.78 is 0. The van der Waals surface area contributed by atoms with E-state index in [1.807, 2.05) is 0 Å². The molecule has 1 heterocycles. The van der Waals surface area contributed by atoms with Gasteiger partial charge in [-0.3, -0.25) is 4.90 Å². The molecule has 0 aliphatic carbocycles. The summed E-state index contributed by atoms with van der Waals surface area (Å²) in [5.41, 5.74) is 8.46. The van der Waals surface area contributed by atoms with Crippen LogP contribution in [0, 0.1) is 6.92 Å². The van der Waals surface area contributed by atoms with E-state index in [4.69, 9.17) is 5.73 Å². The maximum atomic E-state index is 5.78. The molecule has 106 valence electrons. The minimum absolute atomic E-state index is 0.558. The molecule has 1 fully saturated rings. The lowest BCUT2D eigenvalue weighted by Crippen LogP contribution is -2.42. The van der Waals surface area contributed by atoms with Crippen molar-refractivity contribution in [3.05, 3.63) is 29.8 Å². The number of rotatable bonds is 3. The van der Waals surface area contributed by atoms with Crippen LogP contribution in [0.1, 0.15) is 25.3 Å². The SMILES string of the molecule is Cc1cccc(N2CCC(C)N(C)C(CCN)C2)c1. The molecule has 1 aromatic rings. The van der Waals surface area contributed by atoms with Crippen LogP contribution < -0.4 is 10.6 Å². The molecule has 2 unspecified atom stereocenters. The zero-order valence-electron chi connectivity index (χ0n) is 12.5. The second kappa shape index (κ2) is 6.40. The van der Waals surface area contributed by atoms with Gasteiger partial charge < -0.3 is 10.6 Å². The molecule has 2 atom stereocenters. The molecule has 2 N–H and O–H groups in total. The Hall–Kier alpha value is -1.06. The Morgan fingerprint density at radius 3 is 2.84 bits per heavy atom. The van der Waals surface area contributed by atoms with Crippen molar-refractivity contribution >= 4 is 5.69 Å². The van der Waals surface area contributed by atoms with Gasteiger partial charge in [0.05, 0.1) is 0 Å². The van der Waals surface area contributed by atoms with E-state index in [0.717, 1.165) is 26.1 Å². The first kappa shape index (κ1) is 14.4. The number of hydrogen-bond donors (Lipinski definition) is 1. The van der Waals surface area contributed by atoms with Gasteiger partial charge in [0, 0.05) is 30.9 Å². The van der Waals surface area contributed by atoms with Crippen LogP contribution in [0.25, 0.3) is 0 Å². The van der Waals surface area contributed by atoms with Gasteiger partial charge in [0.15, 0.2) is 0 Å². The van der Waals surface area contributed by atoms with Crippen LogP contribution in [0.3, 0.4) is 0 Å². The van der Waals surface area contributed by atoms with Crippen molar-refractivity contribution in [1.29, 1.82) is 0 Å². The van der Waals surface area contributed by atoms with Gasteiger partial charge in [0.25, 0.3) is 0 Å². The van der Waals surface area contributed by atoms with Crippen LogP contribution in [0.15, 0.2) is 24.3 Å². The van der Waals surface area contributed by atoms with Gasteiger partial charge in [-0.25, -0.2) is 0 Å². The number of likely N-dealkylation sites (N-methyl/N-ethyl adjacent to an activating group) is 1. The Balaban J connectivity index is 2.17. The van der Waals surface area contributed by atoms with Gasteiger partial charge in [0.2, 0.25) is 0 Å². The monoisotopic (exact) mass is 261 g/mol. The van der Waals surface area contributed by atoms with E-state index in [-0.39, 0.29) is 0 Å². The van der Waals surface area contributed by atoms with Gasteiger partial charge in [0.1, 0.15) is 0 Å². The maximum absolute atomic E-state index is 5.78. The summed E-state index contributed by atoms with van der Waals surface area (Å²) in [5, 5.41) is 0. The highest BCUT2D eigenvalue weighted by Crippen LogP contribution is 2.22. The van der Waals surface area contributed by atoms with Crippen molar-refractivity contribution in [3.8, 4) is 0 Å². The molecule has 0 amide bonds. The van der Waals surface area contributed by atoms with Crippen LogP contribution in [0.2, 0.25) is 0 Å². The third-order valence-corrected chi connectivity index (χ3v) is 4.39. The van der Waals surface area contributed by atoms with Crippen molar-refractivity contribution in [2.75, 3.05) is 31.6 Å². The summed E-state index contributed by atoms with van der Waals surface area (Å²) in [7, 11) is 2.24. The molecule has 1 aliphatic rings. The van der Waals surface area contributed by atoms with Gasteiger partial charge >= 0.3 is 0 Å². The molecule has 0 bridgehead atoms. The molecule has 0 spiro atoms. The summed E-state index contributed by atoms with van der Waals surface area (Å²) in [5.74, 6) is 0. The van der Waals surface area contributed by atoms with Crippen LogP contribution in [0.5, 0.6) is 0 Å². The molecule has 0 saturated carbocycles. The Morgan fingerprint density at radius 2 is 2.16 bits per heavy atom. The molecular formula is C16H27N3. The maximum Gasteiger partial charge on any atom is 0.0369 e. The summed E-state index contributed by atoms with van der Waals surface area (Å²) in [4.78, 5) is 5.02. The molecule has 1 aromatic carbocycles. The predicted molar refractivity (Wildman–Crippen MR) is 82.7 cm³/mol. The van der Waals surface area contributed by atoms with Crippen LogP contribution in [-0.2, 0) is 0 Å². The molecular weight excluding hydrogens is 234 g/mol. The number of nitrogens with two attached hydrogens (primary N) is 1. The van der Waals surface area contributed by atoms with E-state index in [1.54, 1.807) is 0 Å². The fourth-order valence-electron chi connectivity index (χ4n) is 2.93. The third-order valence-electron chi connectivity index (χ3n) is 4.39. The number of aryl methyl sites for hydroxylation is 1. The van der Waals surface area contributed by atoms with Gasteiger partial charge in [-0.05, 0) is 58.0 Å². The van der Waals surface area contributed by atoms with Crippen molar-refractivity contribution in [2.24, 2.45) is 5.73 Å². The van der Waals surface area contributed by atoms with E-state index in [2.05, 4.69) is 55.0 Å². The van der Waals surface area contributed by atoms with Crippen molar-refractivity contribution < 1.29 is 0 Å². The Morgan fingerprint density at radius 1 is 1.37 bits per heavy atom. The molecule has 1 aliphatic heterocycles. The lowest BCUT2D eigenvalue weighted by Gasteiger charge is -2.32. The fourth-order valence-corrected chi connectivity index (χ4v) is 2.93. The van der Waals surface area contributed by atoms with Gasteiger partial charge in [-0.15, -0.1) is 0 Å². The fraction of sp³-hybridized carbons (Fsp3) is 0.625. The highest BCUT2D eigenvalue weighted by molar-refractivity contribution is 5.48. The molecule has 19 heavy (non-hydrogen) atoms. The second-order valence-corrected chi connectivity index (χ2v) is 5.82. The van der Waals surface area contributed by atoms with Crippen LogP contribution in [-0.4, -0.2) is 43.7 Å². The average Bonchev–Trinajstić information content (AvgIpc) is 2.53. The Kier molecular flexibility index (Phi) is 4.83. The predicted octanol–water partition coefficient (Wildman–Crippen LogP) is 2.24. The standard InChI is InChI=1S/C16H27N3/c1-13-5-4-6-15(11-13)19-10-8-14(2)18(3)16(12-19)7-9-17/h4-6,11,14,16H,7-10,12,17H2,1-3H3. The lowest BCUT2D eigenvalue weighted by atomic mass is 10.1. The molecule has 3 heteroatoms. The number of nitrogens with zero attached hydrogens (tertiary/aromatic N) is 2. The molecule has 2 rings (SSSR count). The molecule has 0 aromatic heterocycles. The summed E-state index contributed by atoms with van der Waals surface area (Å²) in [6.07, 6.45) is 2.29. The van der Waals surface area contributed by atoms with E-state index in [9.17, 15) is 0 Å². The van der Waals surface area contributed by atoms with Crippen molar-refractivity contribution in [3.63, 3.8) is 0 Å². The number of benzene rings is 1. The highest BCUT2D eigenvalue weighted by Gasteiger charge is 2.26. The number of hydrogen-bond acceptors (Lipinski definition) is 3. The van der Waals surface area contributed by atoms with Crippen molar-refractivity contribution in [2.45, 2.75) is 38.8 Å². The van der Waals surface area contributed by atoms with Gasteiger partial charge in [-0.2, -0.15) is 0 Å². The van der Waals surface area contributed by atoms with Crippen molar-refractivity contribution in [1.82, 2.24) is 4.90 Å². The average molecular weight is 261 g/mol. The Bertz CT molecular complexity index is 405. The third kappa shape index (κ3) is 3.48. The summed E-state index contributed by atoms with van der Waals surface area (Å²) in [6.45, 7) is 7.47. The van der Waals surface area contributed by atoms with E-state index in [1.165, 1.54) is 17.7 Å². The zero-order chi connectivity index (χ0) is 13.8. The van der Waals surface area contributed by atoms with Gasteiger partial charge in [-0.1, -0.05) is 12.1 Å². The minimum Gasteiger partial charge on any atom is -0.370 e. The minimum atomic E-state index is 0.558. The zero-order valence-corrected chi connectivity index (χ0v) is 12.5. The van der Waals surface area contributed by atoms with Crippen LogP contribution in [0.4, 0.5) is 5.69 Å². The first-order valence-corrected chi connectivity index (χ1v) is 7.35. The first-order chi connectivity index (χ1) is 9.11. The quantitative estimate of drug-likeness (QED) is 0.906. The topological polar surface area (TPSA) is 32.5 Å². The molecule has 3 nitrogen and oxygen atoms in total. The van der Waals surface area contributed by atoms with Crippen LogP contribution >= 0.6 is 0 Å². The van der Waals surface area contributed by atoms with E-state index < -0.39 is 0 Å². The Labute approximate surface area is 117 Å². The van der Waals surface area contributed by atoms with E-state index >= 15 is 0 Å². The van der Waals surface area contributed by atoms with E-state index in [0.29, 0.717) is 12.1 Å². The first-order valence-electron chi connectivity index (χ1n) is 7.35. The largest absolute Gasteiger partial charge is 0.370 e. The molecule has 1 saturated heterocycles. The number of anilines is 1. The summed E-state index contributed by atoms with van der Waals surface area (Å²) >= 11 is 0. The lowest BCUT2D eigenvalue weighted by molar-refractivity contribution is 0.190. The smallest absolute Gasteiger partial charge is 0.0369 e.